The first-order valence-electron chi connectivity index (χ1n) is 13.0. The monoisotopic (exact) mass is 498 g/mol. The van der Waals surface area contributed by atoms with Crippen molar-refractivity contribution < 1.29 is 14.7 Å². The summed E-state index contributed by atoms with van der Waals surface area (Å²) in [6.45, 7) is 4.76. The van der Waals surface area contributed by atoms with Crippen molar-refractivity contribution in [2.24, 2.45) is 16.3 Å². The molecule has 1 aliphatic carbocycles. The fraction of sp³-hybridized carbons (Fsp3) is 0.367. The third-order valence-electron chi connectivity index (χ3n) is 8.04. The molecule has 2 aromatic rings. The van der Waals surface area contributed by atoms with E-state index < -0.39 is 11.4 Å². The molecule has 0 unspecified atom stereocenters. The van der Waals surface area contributed by atoms with E-state index in [9.17, 15) is 14.7 Å². The van der Waals surface area contributed by atoms with E-state index in [-0.39, 0.29) is 11.8 Å². The molecule has 7 nitrogen and oxygen atoms in total. The molecule has 0 bridgehead atoms. The molecule has 3 aliphatic rings. The molecule has 37 heavy (non-hydrogen) atoms. The van der Waals surface area contributed by atoms with E-state index >= 15 is 0 Å². The van der Waals surface area contributed by atoms with Gasteiger partial charge in [-0.15, -0.1) is 0 Å². The topological polar surface area (TPSA) is 87.9 Å². The summed E-state index contributed by atoms with van der Waals surface area (Å²) < 4.78 is 0. The van der Waals surface area contributed by atoms with Crippen molar-refractivity contribution in [2.45, 2.75) is 52.0 Å². The molecule has 191 valence electrons. The largest absolute Gasteiger partial charge is 0.481 e. The molecule has 1 amide bonds. The van der Waals surface area contributed by atoms with E-state index in [1.165, 1.54) is 5.56 Å². The van der Waals surface area contributed by atoms with Gasteiger partial charge in [0.05, 0.1) is 5.41 Å². The standard InChI is InChI=1S/C30H34N4O3/c1-30(2,29(36)37)24-12-8-22(9-13-24)23-10-14-25(15-11-23)33-17-16-27-32-26(19-34(27)20-33)28(35)31-18-21-6-4-3-5-7-21/h3-7,10-11,14-17,19,22,24H,8-9,12-13,18,20H2,1-2H3,(H,31,35)(H,36,37)/q+1. The highest BCUT2D eigenvalue weighted by atomic mass is 16.4. The molecule has 1 radical (unpaired) electrons. The minimum atomic E-state index is -0.698. The molecule has 2 aromatic carbocycles. The van der Waals surface area contributed by atoms with Gasteiger partial charge in [-0.1, -0.05) is 47.4 Å². The number of amides is 1. The van der Waals surface area contributed by atoms with E-state index in [4.69, 9.17) is 0 Å². The van der Waals surface area contributed by atoms with Gasteiger partial charge < -0.3 is 10.4 Å². The zero-order valence-electron chi connectivity index (χ0n) is 21.4. The number of aliphatic carboxylic acids is 1. The molecule has 2 N–H and O–H groups in total. The maximum atomic E-state index is 12.6. The van der Waals surface area contributed by atoms with Crippen LogP contribution in [0.25, 0.3) is 0 Å². The van der Waals surface area contributed by atoms with E-state index in [1.807, 2.05) is 61.4 Å². The minimum Gasteiger partial charge on any atom is -0.481 e. The second-order valence-electron chi connectivity index (χ2n) is 10.7. The van der Waals surface area contributed by atoms with Crippen LogP contribution < -0.4 is 15.1 Å². The number of anilines is 1. The van der Waals surface area contributed by atoms with Crippen LogP contribution >= 0.6 is 0 Å². The number of nitrogens with zero attached hydrogens (tertiary/aromatic N) is 3. The Morgan fingerprint density at radius 3 is 2.43 bits per heavy atom. The summed E-state index contributed by atoms with van der Waals surface area (Å²) in [4.78, 5) is 32.9. The van der Waals surface area contributed by atoms with Gasteiger partial charge in [0.2, 0.25) is 6.67 Å². The van der Waals surface area contributed by atoms with Gasteiger partial charge in [0.1, 0.15) is 0 Å². The summed E-state index contributed by atoms with van der Waals surface area (Å²) in [5, 5.41) is 12.5. The highest BCUT2D eigenvalue weighted by Crippen LogP contribution is 2.43. The normalized spacial score (nSPS) is 21.7. The van der Waals surface area contributed by atoms with Gasteiger partial charge in [-0.25, -0.2) is 0 Å². The van der Waals surface area contributed by atoms with Gasteiger partial charge in [-0.3, -0.25) is 14.5 Å². The molecular formula is C30H34N4O3+. The van der Waals surface area contributed by atoms with Crippen molar-refractivity contribution in [1.82, 2.24) is 10.2 Å². The van der Waals surface area contributed by atoms with Crippen molar-refractivity contribution in [2.75, 3.05) is 11.6 Å². The van der Waals surface area contributed by atoms with Crippen LogP contribution in [0.3, 0.4) is 0 Å². The molecule has 0 spiro atoms. The second-order valence-corrected chi connectivity index (χ2v) is 10.7. The van der Waals surface area contributed by atoms with Gasteiger partial charge in [-0.05, 0) is 74.6 Å². The third kappa shape index (κ3) is 5.37. The Morgan fingerprint density at radius 1 is 1.05 bits per heavy atom. The van der Waals surface area contributed by atoms with E-state index in [0.29, 0.717) is 24.8 Å². The lowest BCUT2D eigenvalue weighted by Crippen LogP contribution is -2.41. The molecule has 2 heterocycles. The third-order valence-corrected chi connectivity index (χ3v) is 8.04. The predicted octanol–water partition coefficient (Wildman–Crippen LogP) is 5.07. The number of carboxylic acid groups (broad SMARTS) is 1. The van der Waals surface area contributed by atoms with Crippen molar-refractivity contribution in [3.05, 3.63) is 89.9 Å². The maximum Gasteiger partial charge on any atom is 0.309 e. The van der Waals surface area contributed by atoms with Crippen LogP contribution in [0.1, 0.15) is 56.6 Å². The SMILES string of the molecule is CC(C)(C(=O)O)C1CCC(c2ccc(N3C=CC4=NC(C(=O)NCc5ccccc5)=C[N+]4C3)cc2)CC1. The first kappa shape index (κ1) is 25.0. The Kier molecular flexibility index (Phi) is 6.98. The average Bonchev–Trinajstić information content (AvgIpc) is 3.36. The summed E-state index contributed by atoms with van der Waals surface area (Å²) in [7, 11) is 0. The number of aliphatic imine (C=N–C) groups is 1. The number of benzene rings is 2. The average molecular weight is 499 g/mol. The Hall–Kier alpha value is -3.71. The molecule has 1 saturated carbocycles. The molecule has 2 aliphatic heterocycles. The molecule has 1 fully saturated rings. The van der Waals surface area contributed by atoms with Gasteiger partial charge in [-0.2, -0.15) is 4.99 Å². The number of hydrogen-bond donors (Lipinski definition) is 2. The van der Waals surface area contributed by atoms with Crippen LogP contribution in [0.15, 0.2) is 83.8 Å². The highest BCUT2D eigenvalue weighted by molar-refractivity contribution is 6.06. The van der Waals surface area contributed by atoms with Crippen LogP contribution in [-0.4, -0.2) is 29.5 Å². The first-order valence-corrected chi connectivity index (χ1v) is 13.0. The van der Waals surface area contributed by atoms with Crippen LogP contribution in [0.2, 0.25) is 0 Å². The zero-order chi connectivity index (χ0) is 26.0. The number of hydrogen-bond acceptors (Lipinski definition) is 5. The fourth-order valence-corrected chi connectivity index (χ4v) is 5.45. The van der Waals surface area contributed by atoms with Gasteiger partial charge in [0.15, 0.2) is 11.9 Å². The quantitative estimate of drug-likeness (QED) is 0.522. The highest BCUT2D eigenvalue weighted by Gasteiger charge is 2.39. The lowest BCUT2D eigenvalue weighted by Gasteiger charge is -2.36. The molecular weight excluding hydrogens is 464 g/mol. The summed E-state index contributed by atoms with van der Waals surface area (Å²) >= 11 is 0. The van der Waals surface area contributed by atoms with Crippen molar-refractivity contribution in [3.8, 4) is 0 Å². The van der Waals surface area contributed by atoms with E-state index in [2.05, 4.69) is 39.5 Å². The van der Waals surface area contributed by atoms with Crippen LogP contribution in [0.4, 0.5) is 5.69 Å². The minimum absolute atomic E-state index is 0.184. The Bertz CT molecular complexity index is 1240. The van der Waals surface area contributed by atoms with Crippen molar-refractivity contribution in [3.63, 3.8) is 0 Å². The number of carboxylic acids is 1. The smallest absolute Gasteiger partial charge is 0.309 e. The summed E-state index contributed by atoms with van der Waals surface area (Å²) in [5.74, 6) is 0.587. The number of nitrogens with one attached hydrogen (secondary N) is 1. The predicted molar refractivity (Wildman–Crippen MR) is 145 cm³/mol. The zero-order valence-corrected chi connectivity index (χ0v) is 21.4. The fourth-order valence-electron chi connectivity index (χ4n) is 5.45. The number of rotatable bonds is 7. The summed E-state index contributed by atoms with van der Waals surface area (Å²) in [5.41, 5.74) is 3.19. The Balaban J connectivity index is 1.17. The van der Waals surface area contributed by atoms with Crippen molar-refractivity contribution in [1.29, 1.82) is 0 Å². The maximum absolute atomic E-state index is 12.6. The van der Waals surface area contributed by atoms with Gasteiger partial charge in [0.25, 0.3) is 11.7 Å². The number of fused-ring (bicyclic) bond motifs is 1. The molecule has 7 heteroatoms. The van der Waals surface area contributed by atoms with Crippen LogP contribution in [0, 0.1) is 11.3 Å². The first-order chi connectivity index (χ1) is 17.8. The lowest BCUT2D eigenvalue weighted by atomic mass is 9.68. The number of carbonyl (C=O) groups excluding carboxylic acids is 1. The van der Waals surface area contributed by atoms with Gasteiger partial charge in [0, 0.05) is 24.5 Å². The van der Waals surface area contributed by atoms with E-state index in [1.54, 1.807) is 6.20 Å². The number of amidine groups is 1. The van der Waals surface area contributed by atoms with Crippen LogP contribution in [0.5, 0.6) is 0 Å². The van der Waals surface area contributed by atoms with E-state index in [0.717, 1.165) is 42.8 Å². The lowest BCUT2D eigenvalue weighted by molar-refractivity contribution is -0.151. The Morgan fingerprint density at radius 2 is 1.76 bits per heavy atom. The number of carbonyl (C=O) groups is 2. The van der Waals surface area contributed by atoms with Crippen molar-refractivity contribution >= 4 is 23.4 Å². The Labute approximate surface area is 218 Å². The second kappa shape index (κ2) is 10.3. The molecule has 0 saturated heterocycles. The van der Waals surface area contributed by atoms with Crippen LogP contribution in [-0.2, 0) is 16.1 Å². The molecule has 0 aromatic heterocycles. The van der Waals surface area contributed by atoms with Gasteiger partial charge >= 0.3 is 5.97 Å². The summed E-state index contributed by atoms with van der Waals surface area (Å²) in [6, 6.07) is 18.5. The molecule has 5 rings (SSSR count). The summed E-state index contributed by atoms with van der Waals surface area (Å²) in [6.07, 6.45) is 9.68. The molecule has 0 atom stereocenters.